The molecule has 14 heavy (non-hydrogen) atoms. The summed E-state index contributed by atoms with van der Waals surface area (Å²) < 4.78 is 5.66. The van der Waals surface area contributed by atoms with Crippen LogP contribution in [0.1, 0.15) is 40.5 Å². The van der Waals surface area contributed by atoms with Gasteiger partial charge in [0, 0.05) is 5.41 Å². The lowest BCUT2D eigenvalue weighted by molar-refractivity contribution is 0.0614. The SMILES string of the molecule is CC1CCC(CN=C(N)C(C)(C)C)O1. The van der Waals surface area contributed by atoms with Crippen molar-refractivity contribution in [1.29, 1.82) is 0 Å². The van der Waals surface area contributed by atoms with Crippen LogP contribution in [0.2, 0.25) is 0 Å². The van der Waals surface area contributed by atoms with E-state index in [-0.39, 0.29) is 11.5 Å². The average molecular weight is 198 g/mol. The van der Waals surface area contributed by atoms with E-state index >= 15 is 0 Å². The number of hydrogen-bond donors (Lipinski definition) is 1. The van der Waals surface area contributed by atoms with E-state index in [2.05, 4.69) is 32.7 Å². The average Bonchev–Trinajstić information content (AvgIpc) is 2.45. The smallest absolute Gasteiger partial charge is 0.0992 e. The van der Waals surface area contributed by atoms with Crippen LogP contribution >= 0.6 is 0 Å². The van der Waals surface area contributed by atoms with Gasteiger partial charge in [0.05, 0.1) is 24.6 Å². The molecule has 2 unspecified atom stereocenters. The van der Waals surface area contributed by atoms with Crippen LogP contribution in [0.25, 0.3) is 0 Å². The van der Waals surface area contributed by atoms with E-state index < -0.39 is 0 Å². The normalized spacial score (nSPS) is 29.6. The molecule has 0 aliphatic carbocycles. The summed E-state index contributed by atoms with van der Waals surface area (Å²) in [6, 6.07) is 0. The highest BCUT2D eigenvalue weighted by Gasteiger charge is 2.22. The number of hydrogen-bond acceptors (Lipinski definition) is 2. The zero-order chi connectivity index (χ0) is 10.8. The molecule has 0 aromatic rings. The first kappa shape index (κ1) is 11.5. The van der Waals surface area contributed by atoms with Gasteiger partial charge >= 0.3 is 0 Å². The van der Waals surface area contributed by atoms with E-state index in [0.717, 1.165) is 18.7 Å². The van der Waals surface area contributed by atoms with Gasteiger partial charge in [0.1, 0.15) is 0 Å². The quantitative estimate of drug-likeness (QED) is 0.544. The zero-order valence-electron chi connectivity index (χ0n) is 9.71. The standard InChI is InChI=1S/C11H22N2O/c1-8-5-6-9(14-8)7-13-10(12)11(2,3)4/h8-9H,5-7H2,1-4H3,(H2,12,13). The molecule has 1 saturated heterocycles. The first-order valence-electron chi connectivity index (χ1n) is 5.35. The fraction of sp³-hybridized carbons (Fsp3) is 0.909. The van der Waals surface area contributed by atoms with E-state index in [9.17, 15) is 0 Å². The molecule has 3 nitrogen and oxygen atoms in total. The lowest BCUT2D eigenvalue weighted by Gasteiger charge is -2.18. The van der Waals surface area contributed by atoms with Crippen molar-refractivity contribution in [3.8, 4) is 0 Å². The van der Waals surface area contributed by atoms with Crippen LogP contribution in [0.3, 0.4) is 0 Å². The molecule has 0 spiro atoms. The van der Waals surface area contributed by atoms with Gasteiger partial charge in [-0.1, -0.05) is 20.8 Å². The Morgan fingerprint density at radius 1 is 1.43 bits per heavy atom. The van der Waals surface area contributed by atoms with Crippen molar-refractivity contribution < 1.29 is 4.74 Å². The van der Waals surface area contributed by atoms with Crippen LogP contribution in [0, 0.1) is 5.41 Å². The van der Waals surface area contributed by atoms with E-state index in [0.29, 0.717) is 12.6 Å². The fourth-order valence-electron chi connectivity index (χ4n) is 1.46. The first-order valence-corrected chi connectivity index (χ1v) is 5.35. The molecule has 2 atom stereocenters. The Morgan fingerprint density at radius 2 is 2.07 bits per heavy atom. The Kier molecular flexibility index (Phi) is 3.53. The first-order chi connectivity index (χ1) is 6.39. The minimum atomic E-state index is -0.0236. The Labute approximate surface area is 86.7 Å². The van der Waals surface area contributed by atoms with E-state index in [1.165, 1.54) is 0 Å². The molecule has 1 fully saturated rings. The highest BCUT2D eigenvalue weighted by atomic mass is 16.5. The molecule has 0 aromatic carbocycles. The lowest BCUT2D eigenvalue weighted by Crippen LogP contribution is -2.30. The van der Waals surface area contributed by atoms with Crippen LogP contribution in [0.15, 0.2) is 4.99 Å². The number of rotatable bonds is 2. The topological polar surface area (TPSA) is 47.6 Å². The number of nitrogens with two attached hydrogens (primary N) is 1. The van der Waals surface area contributed by atoms with Gasteiger partial charge in [0.15, 0.2) is 0 Å². The van der Waals surface area contributed by atoms with Crippen molar-refractivity contribution >= 4 is 5.84 Å². The molecule has 1 aliphatic rings. The lowest BCUT2D eigenvalue weighted by atomic mass is 9.95. The third-order valence-electron chi connectivity index (χ3n) is 2.55. The summed E-state index contributed by atoms with van der Waals surface area (Å²) >= 11 is 0. The van der Waals surface area contributed by atoms with Crippen LogP contribution in [0.4, 0.5) is 0 Å². The van der Waals surface area contributed by atoms with Gasteiger partial charge in [-0.3, -0.25) is 4.99 Å². The maximum Gasteiger partial charge on any atom is 0.0992 e. The van der Waals surface area contributed by atoms with Gasteiger partial charge < -0.3 is 10.5 Å². The van der Waals surface area contributed by atoms with Gasteiger partial charge in [-0.2, -0.15) is 0 Å². The minimum absolute atomic E-state index is 0.0236. The summed E-state index contributed by atoms with van der Waals surface area (Å²) in [6.45, 7) is 9.04. The Morgan fingerprint density at radius 3 is 2.50 bits per heavy atom. The number of ether oxygens (including phenoxy) is 1. The summed E-state index contributed by atoms with van der Waals surface area (Å²) in [5.41, 5.74) is 5.83. The van der Waals surface area contributed by atoms with Crippen molar-refractivity contribution in [3.63, 3.8) is 0 Å². The second-order valence-electron chi connectivity index (χ2n) is 5.12. The third-order valence-corrected chi connectivity index (χ3v) is 2.55. The van der Waals surface area contributed by atoms with Gasteiger partial charge in [0.2, 0.25) is 0 Å². The fourth-order valence-corrected chi connectivity index (χ4v) is 1.46. The highest BCUT2D eigenvalue weighted by Crippen LogP contribution is 2.20. The Balaban J connectivity index is 2.39. The molecule has 1 rings (SSSR count). The van der Waals surface area contributed by atoms with Crippen molar-refractivity contribution in [3.05, 3.63) is 0 Å². The summed E-state index contributed by atoms with van der Waals surface area (Å²) in [5, 5.41) is 0. The predicted octanol–water partition coefficient (Wildman–Crippen LogP) is 1.96. The van der Waals surface area contributed by atoms with Crippen molar-refractivity contribution in [2.45, 2.75) is 52.7 Å². The molecular weight excluding hydrogens is 176 g/mol. The molecule has 1 heterocycles. The second kappa shape index (κ2) is 4.30. The number of aliphatic imine (C=N–C) groups is 1. The summed E-state index contributed by atoms with van der Waals surface area (Å²) in [5.74, 6) is 0.723. The second-order valence-corrected chi connectivity index (χ2v) is 5.12. The van der Waals surface area contributed by atoms with Crippen molar-refractivity contribution in [1.82, 2.24) is 0 Å². The summed E-state index contributed by atoms with van der Waals surface area (Å²) in [6.07, 6.45) is 2.94. The molecule has 0 bridgehead atoms. The van der Waals surface area contributed by atoms with E-state index in [1.807, 2.05) is 0 Å². The van der Waals surface area contributed by atoms with E-state index in [1.54, 1.807) is 0 Å². The van der Waals surface area contributed by atoms with Gasteiger partial charge in [-0.15, -0.1) is 0 Å². The van der Waals surface area contributed by atoms with Crippen molar-refractivity contribution in [2.24, 2.45) is 16.1 Å². The van der Waals surface area contributed by atoms with Crippen LogP contribution in [-0.4, -0.2) is 24.6 Å². The number of amidine groups is 1. The monoisotopic (exact) mass is 198 g/mol. The maximum atomic E-state index is 5.86. The largest absolute Gasteiger partial charge is 0.387 e. The van der Waals surface area contributed by atoms with Crippen LogP contribution < -0.4 is 5.73 Å². The van der Waals surface area contributed by atoms with Crippen LogP contribution in [0.5, 0.6) is 0 Å². The highest BCUT2D eigenvalue weighted by molar-refractivity contribution is 5.85. The molecule has 0 saturated carbocycles. The van der Waals surface area contributed by atoms with Crippen LogP contribution in [-0.2, 0) is 4.74 Å². The van der Waals surface area contributed by atoms with Gasteiger partial charge in [-0.05, 0) is 19.8 Å². The molecular formula is C11H22N2O. The van der Waals surface area contributed by atoms with Crippen molar-refractivity contribution in [2.75, 3.05) is 6.54 Å². The minimum Gasteiger partial charge on any atom is -0.387 e. The Hall–Kier alpha value is -0.570. The zero-order valence-corrected chi connectivity index (χ0v) is 9.71. The molecule has 2 N–H and O–H groups in total. The Bertz CT molecular complexity index is 218. The summed E-state index contributed by atoms with van der Waals surface area (Å²) in [7, 11) is 0. The van der Waals surface area contributed by atoms with E-state index in [4.69, 9.17) is 10.5 Å². The molecule has 82 valence electrons. The summed E-state index contributed by atoms with van der Waals surface area (Å²) in [4.78, 5) is 4.38. The molecule has 3 heteroatoms. The van der Waals surface area contributed by atoms with Gasteiger partial charge in [-0.25, -0.2) is 0 Å². The van der Waals surface area contributed by atoms with Gasteiger partial charge in [0.25, 0.3) is 0 Å². The third kappa shape index (κ3) is 3.29. The molecule has 0 amide bonds. The predicted molar refractivity (Wildman–Crippen MR) is 59.5 cm³/mol. The molecule has 0 radical (unpaired) electrons. The number of nitrogens with zero attached hydrogens (tertiary/aromatic N) is 1. The molecule has 0 aromatic heterocycles. The maximum absolute atomic E-state index is 5.86. The molecule has 1 aliphatic heterocycles.